The summed E-state index contributed by atoms with van der Waals surface area (Å²) in [7, 11) is 0. The summed E-state index contributed by atoms with van der Waals surface area (Å²) in [5, 5.41) is 8.78. The third kappa shape index (κ3) is 7.11. The number of hydrogen-bond acceptors (Lipinski definition) is 4. The molecule has 1 aliphatic heterocycles. The van der Waals surface area contributed by atoms with Crippen LogP contribution < -0.4 is 4.74 Å². The lowest BCUT2D eigenvalue weighted by Gasteiger charge is -2.33. The van der Waals surface area contributed by atoms with Crippen molar-refractivity contribution in [1.29, 1.82) is 5.26 Å². The molecule has 2 aromatic carbocycles. The summed E-state index contributed by atoms with van der Waals surface area (Å²) < 4.78 is 84.1. The van der Waals surface area contributed by atoms with E-state index in [9.17, 15) is 26.3 Å². The van der Waals surface area contributed by atoms with Gasteiger partial charge in [0, 0.05) is 32.7 Å². The number of para-hydroxylation sites is 1. The Labute approximate surface area is 188 Å². The van der Waals surface area contributed by atoms with Crippen molar-refractivity contribution in [2.45, 2.75) is 25.4 Å². The SMILES string of the molecule is N#CCN1CCN(CCc2ccccc2OCc2cc(C(F)(F)F)cc(C(F)(F)F)c2)CC1. The van der Waals surface area contributed by atoms with Crippen LogP contribution in [0.15, 0.2) is 42.5 Å². The second kappa shape index (κ2) is 10.4. The first-order chi connectivity index (χ1) is 15.6. The molecule has 10 heteroatoms. The molecule has 1 fully saturated rings. The number of hydrogen-bond donors (Lipinski definition) is 0. The van der Waals surface area contributed by atoms with Crippen LogP contribution in [-0.4, -0.2) is 49.1 Å². The molecule has 0 aromatic heterocycles. The van der Waals surface area contributed by atoms with Gasteiger partial charge in [0.1, 0.15) is 12.4 Å². The highest BCUT2D eigenvalue weighted by molar-refractivity contribution is 5.36. The van der Waals surface area contributed by atoms with E-state index in [1.54, 1.807) is 18.2 Å². The minimum atomic E-state index is -4.90. The predicted molar refractivity (Wildman–Crippen MR) is 109 cm³/mol. The summed E-state index contributed by atoms with van der Waals surface area (Å²) in [4.78, 5) is 4.31. The lowest BCUT2D eigenvalue weighted by Crippen LogP contribution is -2.46. The molecule has 1 saturated heterocycles. The molecule has 0 amide bonds. The molecule has 1 aliphatic rings. The van der Waals surface area contributed by atoms with Gasteiger partial charge in [-0.15, -0.1) is 0 Å². The van der Waals surface area contributed by atoms with Crippen molar-refractivity contribution >= 4 is 0 Å². The lowest BCUT2D eigenvalue weighted by molar-refractivity contribution is -0.143. The van der Waals surface area contributed by atoms with Crippen molar-refractivity contribution in [2.75, 3.05) is 39.3 Å². The number of nitrogens with zero attached hydrogens (tertiary/aromatic N) is 3. The first-order valence-corrected chi connectivity index (χ1v) is 10.4. The Morgan fingerprint density at radius 1 is 0.848 bits per heavy atom. The fourth-order valence-corrected chi connectivity index (χ4v) is 3.66. The topological polar surface area (TPSA) is 39.5 Å². The Kier molecular flexibility index (Phi) is 7.87. The average Bonchev–Trinajstić information content (AvgIpc) is 2.76. The van der Waals surface area contributed by atoms with E-state index in [-0.39, 0.29) is 11.6 Å². The van der Waals surface area contributed by atoms with Crippen LogP contribution in [0.5, 0.6) is 5.75 Å². The molecule has 0 aliphatic carbocycles. The number of benzene rings is 2. The smallest absolute Gasteiger partial charge is 0.416 e. The standard InChI is InChI=1S/C23H23F6N3O/c24-22(25,26)19-13-17(14-20(15-19)23(27,28)29)16-33-21-4-2-1-3-18(21)5-7-31-9-11-32(8-6-30)12-10-31/h1-4,13-15H,5,7-12,16H2. The molecule has 4 nitrogen and oxygen atoms in total. The van der Waals surface area contributed by atoms with Gasteiger partial charge >= 0.3 is 12.4 Å². The van der Waals surface area contributed by atoms with Crippen LogP contribution in [0.1, 0.15) is 22.3 Å². The lowest BCUT2D eigenvalue weighted by atomic mass is 10.0. The van der Waals surface area contributed by atoms with Gasteiger partial charge in [-0.1, -0.05) is 18.2 Å². The largest absolute Gasteiger partial charge is 0.489 e. The van der Waals surface area contributed by atoms with Crippen molar-refractivity contribution in [3.05, 3.63) is 64.7 Å². The van der Waals surface area contributed by atoms with Crippen molar-refractivity contribution in [1.82, 2.24) is 9.80 Å². The summed E-state index contributed by atoms with van der Waals surface area (Å²) in [6, 6.07) is 10.6. The number of piperazine rings is 1. The Balaban J connectivity index is 1.66. The van der Waals surface area contributed by atoms with Crippen LogP contribution in [0, 0.1) is 11.3 Å². The summed E-state index contributed by atoms with van der Waals surface area (Å²) in [6.07, 6.45) is -9.18. The molecule has 0 unspecified atom stereocenters. The molecule has 0 saturated carbocycles. The van der Waals surface area contributed by atoms with E-state index in [1.807, 2.05) is 6.07 Å². The maximum Gasteiger partial charge on any atom is 0.416 e. The van der Waals surface area contributed by atoms with Crippen LogP contribution in [0.4, 0.5) is 26.3 Å². The van der Waals surface area contributed by atoms with Crippen LogP contribution in [0.25, 0.3) is 0 Å². The number of alkyl halides is 6. The Morgan fingerprint density at radius 2 is 1.42 bits per heavy atom. The summed E-state index contributed by atoms with van der Waals surface area (Å²) in [5.74, 6) is 0.423. The van der Waals surface area contributed by atoms with Gasteiger partial charge in [0.05, 0.1) is 23.7 Å². The molecule has 2 aromatic rings. The van der Waals surface area contributed by atoms with Crippen LogP contribution in [0.2, 0.25) is 0 Å². The number of ether oxygens (including phenoxy) is 1. The zero-order chi connectivity index (χ0) is 24.1. The molecule has 1 heterocycles. The highest BCUT2D eigenvalue weighted by Gasteiger charge is 2.36. The van der Waals surface area contributed by atoms with Gasteiger partial charge in [0.15, 0.2) is 0 Å². The van der Waals surface area contributed by atoms with Gasteiger partial charge in [-0.05, 0) is 41.8 Å². The van der Waals surface area contributed by atoms with Crippen LogP contribution in [-0.2, 0) is 25.4 Å². The molecule has 0 N–H and O–H groups in total. The molecule has 3 rings (SSSR count). The maximum atomic E-state index is 13.1. The molecule has 0 spiro atoms. The fraction of sp³-hybridized carbons (Fsp3) is 0.435. The van der Waals surface area contributed by atoms with E-state index in [2.05, 4.69) is 15.9 Å². The van der Waals surface area contributed by atoms with Gasteiger partial charge in [0.25, 0.3) is 0 Å². The average molecular weight is 471 g/mol. The molecular formula is C23H23F6N3O. The Bertz CT molecular complexity index is 943. The van der Waals surface area contributed by atoms with Crippen molar-refractivity contribution < 1.29 is 31.1 Å². The summed E-state index contributed by atoms with van der Waals surface area (Å²) in [6.45, 7) is 3.92. The highest BCUT2D eigenvalue weighted by Crippen LogP contribution is 2.36. The second-order valence-electron chi connectivity index (χ2n) is 7.84. The van der Waals surface area contributed by atoms with E-state index in [0.29, 0.717) is 30.8 Å². The molecule has 0 radical (unpaired) electrons. The number of halogens is 6. The molecule has 0 atom stereocenters. The monoisotopic (exact) mass is 471 g/mol. The zero-order valence-corrected chi connectivity index (χ0v) is 17.7. The van der Waals surface area contributed by atoms with Gasteiger partial charge in [-0.25, -0.2) is 0 Å². The molecule has 178 valence electrons. The molecular weight excluding hydrogens is 448 g/mol. The van der Waals surface area contributed by atoms with Crippen molar-refractivity contribution in [3.8, 4) is 11.8 Å². The number of nitriles is 1. The predicted octanol–water partition coefficient (Wildman–Crippen LogP) is 4.99. The normalized spacial score (nSPS) is 15.9. The number of rotatable bonds is 7. The van der Waals surface area contributed by atoms with E-state index in [1.165, 1.54) is 0 Å². The highest BCUT2D eigenvalue weighted by atomic mass is 19.4. The van der Waals surface area contributed by atoms with Crippen molar-refractivity contribution in [3.63, 3.8) is 0 Å². The second-order valence-corrected chi connectivity index (χ2v) is 7.84. The van der Waals surface area contributed by atoms with E-state index < -0.39 is 30.1 Å². The minimum Gasteiger partial charge on any atom is -0.489 e. The maximum absolute atomic E-state index is 13.1. The minimum absolute atomic E-state index is 0.105. The van der Waals surface area contributed by atoms with Gasteiger partial charge in [-0.3, -0.25) is 4.90 Å². The first kappa shape index (κ1) is 24.9. The van der Waals surface area contributed by atoms with E-state index in [4.69, 9.17) is 10.00 Å². The first-order valence-electron chi connectivity index (χ1n) is 10.4. The summed E-state index contributed by atoms with van der Waals surface area (Å²) >= 11 is 0. The van der Waals surface area contributed by atoms with E-state index >= 15 is 0 Å². The third-order valence-corrected chi connectivity index (χ3v) is 5.47. The van der Waals surface area contributed by atoms with Crippen LogP contribution >= 0.6 is 0 Å². The Morgan fingerprint density at radius 3 is 2.00 bits per heavy atom. The third-order valence-electron chi connectivity index (χ3n) is 5.47. The summed E-state index contributed by atoms with van der Waals surface area (Å²) in [5.41, 5.74) is -2.11. The van der Waals surface area contributed by atoms with Gasteiger partial charge < -0.3 is 9.64 Å². The van der Waals surface area contributed by atoms with Gasteiger partial charge in [-0.2, -0.15) is 31.6 Å². The van der Waals surface area contributed by atoms with Gasteiger partial charge in [0.2, 0.25) is 0 Å². The van der Waals surface area contributed by atoms with E-state index in [0.717, 1.165) is 38.3 Å². The molecule has 33 heavy (non-hydrogen) atoms. The zero-order valence-electron chi connectivity index (χ0n) is 17.7. The van der Waals surface area contributed by atoms with Crippen LogP contribution in [0.3, 0.4) is 0 Å². The Hall–Kier alpha value is -2.77. The fourth-order valence-electron chi connectivity index (χ4n) is 3.66. The quantitative estimate of drug-likeness (QED) is 0.422. The molecule has 0 bridgehead atoms. The van der Waals surface area contributed by atoms with Crippen molar-refractivity contribution in [2.24, 2.45) is 0 Å².